The van der Waals surface area contributed by atoms with E-state index in [1.54, 1.807) is 53.1 Å². The average Bonchev–Trinajstić information content (AvgIpc) is 3.12. The van der Waals surface area contributed by atoms with Gasteiger partial charge < -0.3 is 19.4 Å². The number of carbonyl (C=O) groups excluding carboxylic acids is 2. The van der Waals surface area contributed by atoms with E-state index in [2.05, 4.69) is 10.3 Å². The first-order valence-electron chi connectivity index (χ1n) is 9.89. The van der Waals surface area contributed by atoms with Crippen LogP contribution in [0.2, 0.25) is 5.02 Å². The largest absolute Gasteiger partial charge is 0.486 e. The van der Waals surface area contributed by atoms with E-state index in [1.807, 2.05) is 24.3 Å². The summed E-state index contributed by atoms with van der Waals surface area (Å²) in [6.45, 7) is 1.57. The van der Waals surface area contributed by atoms with Crippen molar-refractivity contribution in [2.45, 2.75) is 20.1 Å². The first-order chi connectivity index (χ1) is 15.5. The molecule has 0 unspecified atom stereocenters. The Balaban J connectivity index is 1.49. The summed E-state index contributed by atoms with van der Waals surface area (Å²) in [5.74, 6) is 1.00. The number of ether oxygens (including phenoxy) is 2. The van der Waals surface area contributed by atoms with Crippen molar-refractivity contribution in [3.63, 3.8) is 0 Å². The van der Waals surface area contributed by atoms with Gasteiger partial charge >= 0.3 is 5.97 Å². The zero-order valence-electron chi connectivity index (χ0n) is 17.2. The second-order valence-corrected chi connectivity index (χ2v) is 7.46. The third kappa shape index (κ3) is 5.25. The van der Waals surface area contributed by atoms with Crippen LogP contribution in [0.3, 0.4) is 0 Å². The number of carbonyl (C=O) groups is 2. The number of hydrogen-bond donors (Lipinski definition) is 1. The minimum Gasteiger partial charge on any atom is -0.486 e. The Morgan fingerprint density at radius 1 is 0.969 bits per heavy atom. The molecule has 0 saturated carbocycles. The summed E-state index contributed by atoms with van der Waals surface area (Å²) in [6.07, 6.45) is 0. The third-order valence-electron chi connectivity index (χ3n) is 4.61. The molecule has 162 valence electrons. The van der Waals surface area contributed by atoms with Gasteiger partial charge in [0, 0.05) is 17.6 Å². The molecule has 0 radical (unpaired) electrons. The Morgan fingerprint density at radius 3 is 2.38 bits per heavy atom. The van der Waals surface area contributed by atoms with Crippen LogP contribution in [0.1, 0.15) is 12.7 Å². The summed E-state index contributed by atoms with van der Waals surface area (Å²) in [4.78, 5) is 28.4. The normalized spacial score (nSPS) is 10.7. The van der Waals surface area contributed by atoms with Crippen LogP contribution in [-0.2, 0) is 22.7 Å². The summed E-state index contributed by atoms with van der Waals surface area (Å²) in [5.41, 5.74) is 2.19. The molecule has 1 aromatic heterocycles. The maximum atomic E-state index is 12.7. The summed E-state index contributed by atoms with van der Waals surface area (Å²) >= 11 is 5.92. The van der Waals surface area contributed by atoms with Gasteiger partial charge in [0.05, 0.1) is 11.0 Å². The van der Waals surface area contributed by atoms with E-state index in [1.165, 1.54) is 6.92 Å². The molecule has 4 rings (SSSR count). The topological polar surface area (TPSA) is 82.5 Å². The fourth-order valence-electron chi connectivity index (χ4n) is 3.19. The van der Waals surface area contributed by atoms with Crippen molar-refractivity contribution < 1.29 is 19.1 Å². The number of nitrogens with one attached hydrogen (secondary N) is 1. The fourth-order valence-corrected chi connectivity index (χ4v) is 3.32. The molecule has 0 aliphatic rings. The third-order valence-corrected chi connectivity index (χ3v) is 4.86. The second kappa shape index (κ2) is 9.53. The first-order valence-corrected chi connectivity index (χ1v) is 10.3. The maximum Gasteiger partial charge on any atom is 0.331 e. The molecule has 0 fully saturated rings. The first kappa shape index (κ1) is 21.4. The van der Waals surface area contributed by atoms with Gasteiger partial charge in [-0.3, -0.25) is 4.79 Å². The van der Waals surface area contributed by atoms with Crippen molar-refractivity contribution >= 4 is 40.2 Å². The molecule has 0 saturated heterocycles. The van der Waals surface area contributed by atoms with Crippen LogP contribution in [0.15, 0.2) is 72.8 Å². The monoisotopic (exact) mass is 449 g/mol. The van der Waals surface area contributed by atoms with E-state index < -0.39 is 5.97 Å². The maximum absolute atomic E-state index is 12.7. The van der Waals surface area contributed by atoms with Crippen LogP contribution in [0, 0.1) is 0 Å². The van der Waals surface area contributed by atoms with Crippen LogP contribution in [0.25, 0.3) is 11.0 Å². The van der Waals surface area contributed by atoms with Crippen LogP contribution in [-0.4, -0.2) is 21.4 Å². The minimum absolute atomic E-state index is 0.0345. The predicted molar refractivity (Wildman–Crippen MR) is 122 cm³/mol. The van der Waals surface area contributed by atoms with Gasteiger partial charge in [-0.15, -0.1) is 0 Å². The molecule has 1 amide bonds. The number of fused-ring (bicyclic) bond motifs is 1. The highest BCUT2D eigenvalue weighted by atomic mass is 35.5. The Bertz CT molecular complexity index is 1250. The van der Waals surface area contributed by atoms with E-state index in [0.29, 0.717) is 28.0 Å². The summed E-state index contributed by atoms with van der Waals surface area (Å²) in [6, 6.07) is 21.2. The standard InChI is InChI=1S/C24H20ClN3O4/c1-16(29)26-18-8-12-20(13-9-18)32-24(30)14-28-22-5-3-2-4-21(22)27-23(28)15-31-19-10-6-17(25)7-11-19/h2-13H,14-15H2,1H3,(H,26,29). The number of para-hydroxylation sites is 2. The second-order valence-electron chi connectivity index (χ2n) is 7.03. The van der Waals surface area contributed by atoms with Gasteiger partial charge in [0.2, 0.25) is 5.91 Å². The number of esters is 1. The van der Waals surface area contributed by atoms with Gasteiger partial charge in [0.1, 0.15) is 30.5 Å². The number of aromatic nitrogens is 2. The molecule has 7 nitrogen and oxygen atoms in total. The molecule has 1 N–H and O–H groups in total. The van der Waals surface area contributed by atoms with Crippen molar-refractivity contribution in [1.82, 2.24) is 9.55 Å². The van der Waals surface area contributed by atoms with Crippen molar-refractivity contribution in [2.24, 2.45) is 0 Å². The van der Waals surface area contributed by atoms with E-state index in [9.17, 15) is 9.59 Å². The number of benzene rings is 3. The van der Waals surface area contributed by atoms with Gasteiger partial charge in [0.25, 0.3) is 0 Å². The fraction of sp³-hybridized carbons (Fsp3) is 0.125. The van der Waals surface area contributed by atoms with E-state index in [4.69, 9.17) is 21.1 Å². The highest BCUT2D eigenvalue weighted by molar-refractivity contribution is 6.30. The lowest BCUT2D eigenvalue weighted by molar-refractivity contribution is -0.135. The summed E-state index contributed by atoms with van der Waals surface area (Å²) in [7, 11) is 0. The minimum atomic E-state index is -0.451. The highest BCUT2D eigenvalue weighted by Gasteiger charge is 2.16. The van der Waals surface area contributed by atoms with Gasteiger partial charge in [-0.05, 0) is 60.7 Å². The molecule has 0 bridgehead atoms. The number of nitrogens with zero attached hydrogens (tertiary/aromatic N) is 2. The van der Waals surface area contributed by atoms with Gasteiger partial charge in [-0.25, -0.2) is 9.78 Å². The van der Waals surface area contributed by atoms with Gasteiger partial charge in [-0.1, -0.05) is 23.7 Å². The predicted octanol–water partition coefficient (Wildman–Crippen LogP) is 4.83. The lowest BCUT2D eigenvalue weighted by Crippen LogP contribution is -2.19. The SMILES string of the molecule is CC(=O)Nc1ccc(OC(=O)Cn2c(COc3ccc(Cl)cc3)nc3ccccc32)cc1. The van der Waals surface area contributed by atoms with Crippen LogP contribution < -0.4 is 14.8 Å². The van der Waals surface area contributed by atoms with Crippen molar-refractivity contribution in [1.29, 1.82) is 0 Å². The summed E-state index contributed by atoms with van der Waals surface area (Å²) in [5, 5.41) is 3.29. The molecule has 8 heteroatoms. The van der Waals surface area contributed by atoms with E-state index >= 15 is 0 Å². The van der Waals surface area contributed by atoms with E-state index in [0.717, 1.165) is 11.0 Å². The number of rotatable bonds is 7. The Morgan fingerprint density at radius 2 is 1.66 bits per heavy atom. The molecule has 0 aliphatic carbocycles. The molecule has 4 aromatic rings. The number of halogens is 1. The Kier molecular flexibility index (Phi) is 6.37. The average molecular weight is 450 g/mol. The smallest absolute Gasteiger partial charge is 0.331 e. The Labute approximate surface area is 189 Å². The van der Waals surface area contributed by atoms with Gasteiger partial charge in [-0.2, -0.15) is 0 Å². The molecule has 0 aliphatic heterocycles. The van der Waals surface area contributed by atoms with Crippen LogP contribution in [0.4, 0.5) is 5.69 Å². The zero-order valence-corrected chi connectivity index (χ0v) is 18.0. The van der Waals surface area contributed by atoms with Crippen molar-refractivity contribution in [3.8, 4) is 11.5 Å². The molecule has 1 heterocycles. The quantitative estimate of drug-likeness (QED) is 0.322. The molecule has 0 atom stereocenters. The Hall–Kier alpha value is -3.84. The molecule has 32 heavy (non-hydrogen) atoms. The number of imidazole rings is 1. The van der Waals surface area contributed by atoms with Crippen molar-refractivity contribution in [3.05, 3.63) is 83.6 Å². The van der Waals surface area contributed by atoms with Crippen LogP contribution in [0.5, 0.6) is 11.5 Å². The van der Waals surface area contributed by atoms with Crippen molar-refractivity contribution in [2.75, 3.05) is 5.32 Å². The number of anilines is 1. The molecular formula is C24H20ClN3O4. The summed E-state index contributed by atoms with van der Waals surface area (Å²) < 4.78 is 13.1. The molecular weight excluding hydrogens is 430 g/mol. The van der Waals surface area contributed by atoms with Gasteiger partial charge in [0.15, 0.2) is 0 Å². The number of amides is 1. The lowest BCUT2D eigenvalue weighted by Gasteiger charge is -2.11. The molecule has 0 spiro atoms. The van der Waals surface area contributed by atoms with Crippen LogP contribution >= 0.6 is 11.6 Å². The lowest BCUT2D eigenvalue weighted by atomic mass is 10.3. The van der Waals surface area contributed by atoms with E-state index in [-0.39, 0.29) is 19.1 Å². The molecule has 3 aromatic carbocycles. The number of hydrogen-bond acceptors (Lipinski definition) is 5. The zero-order chi connectivity index (χ0) is 22.5. The highest BCUT2D eigenvalue weighted by Crippen LogP contribution is 2.21.